The molecule has 0 aliphatic heterocycles. The van der Waals surface area contributed by atoms with E-state index in [1.54, 1.807) is 42.5 Å². The van der Waals surface area contributed by atoms with Gasteiger partial charge in [-0.3, -0.25) is 9.59 Å². The molecule has 2 amide bonds. The van der Waals surface area contributed by atoms with Gasteiger partial charge in [0.2, 0.25) is 0 Å². The van der Waals surface area contributed by atoms with Crippen LogP contribution in [0.5, 0.6) is 5.75 Å². The van der Waals surface area contributed by atoms with Crippen molar-refractivity contribution in [3.63, 3.8) is 0 Å². The van der Waals surface area contributed by atoms with Crippen molar-refractivity contribution in [3.05, 3.63) is 95.6 Å². The summed E-state index contributed by atoms with van der Waals surface area (Å²) < 4.78 is 5.87. The van der Waals surface area contributed by atoms with Crippen molar-refractivity contribution in [1.82, 2.24) is 5.32 Å². The lowest BCUT2D eigenvalue weighted by Crippen LogP contribution is -2.31. The van der Waals surface area contributed by atoms with Gasteiger partial charge in [0.1, 0.15) is 12.4 Å². The molecule has 2 N–H and O–H groups in total. The van der Waals surface area contributed by atoms with Gasteiger partial charge in [-0.25, -0.2) is 0 Å². The maximum atomic E-state index is 12.9. The summed E-state index contributed by atoms with van der Waals surface area (Å²) in [6, 6.07) is 23.7. The second kappa shape index (κ2) is 9.55. The Labute approximate surface area is 170 Å². The highest BCUT2D eigenvalue weighted by molar-refractivity contribution is 6.10. The zero-order valence-corrected chi connectivity index (χ0v) is 16.5. The molecule has 0 bridgehead atoms. The van der Waals surface area contributed by atoms with Crippen LogP contribution in [0.25, 0.3) is 0 Å². The largest absolute Gasteiger partial charge is 0.488 e. The maximum absolute atomic E-state index is 12.9. The van der Waals surface area contributed by atoms with E-state index in [1.165, 1.54) is 0 Å². The number of amides is 2. The quantitative estimate of drug-likeness (QED) is 0.619. The van der Waals surface area contributed by atoms with Crippen molar-refractivity contribution in [3.8, 4) is 5.75 Å². The standard InChI is InChI=1S/C24H24N2O3/c1-17(2)25-23(27)19-12-6-8-14-21(19)26-24(28)20-13-7-9-15-22(20)29-16-18-10-4-3-5-11-18/h3-15,17H,16H2,1-2H3,(H,25,27)(H,26,28). The second-order valence-electron chi connectivity index (χ2n) is 6.90. The fourth-order valence-corrected chi connectivity index (χ4v) is 2.84. The van der Waals surface area contributed by atoms with Crippen molar-refractivity contribution < 1.29 is 14.3 Å². The van der Waals surface area contributed by atoms with E-state index in [2.05, 4.69) is 10.6 Å². The molecule has 148 valence electrons. The lowest BCUT2D eigenvalue weighted by Gasteiger charge is -2.15. The van der Waals surface area contributed by atoms with Crippen LogP contribution in [0, 0.1) is 0 Å². The minimum Gasteiger partial charge on any atom is -0.488 e. The van der Waals surface area contributed by atoms with Crippen LogP contribution in [0.1, 0.15) is 40.1 Å². The molecule has 0 aliphatic rings. The first-order valence-electron chi connectivity index (χ1n) is 9.51. The molecule has 0 heterocycles. The summed E-state index contributed by atoms with van der Waals surface area (Å²) in [5, 5.41) is 5.69. The van der Waals surface area contributed by atoms with Crippen LogP contribution in [0.2, 0.25) is 0 Å². The smallest absolute Gasteiger partial charge is 0.259 e. The van der Waals surface area contributed by atoms with Gasteiger partial charge in [0.05, 0.1) is 16.8 Å². The fraction of sp³-hybridized carbons (Fsp3) is 0.167. The molecule has 3 rings (SSSR count). The molecular formula is C24H24N2O3. The summed E-state index contributed by atoms with van der Waals surface area (Å²) in [6.07, 6.45) is 0. The highest BCUT2D eigenvalue weighted by atomic mass is 16.5. The molecule has 0 unspecified atom stereocenters. The van der Waals surface area contributed by atoms with E-state index in [1.807, 2.05) is 50.2 Å². The summed E-state index contributed by atoms with van der Waals surface area (Å²) >= 11 is 0. The van der Waals surface area contributed by atoms with Gasteiger partial charge in [-0.05, 0) is 43.7 Å². The Hall–Kier alpha value is -3.60. The van der Waals surface area contributed by atoms with Crippen LogP contribution in [-0.4, -0.2) is 17.9 Å². The fourth-order valence-electron chi connectivity index (χ4n) is 2.84. The Morgan fingerprint density at radius 3 is 2.14 bits per heavy atom. The minimum atomic E-state index is -0.335. The van der Waals surface area contributed by atoms with E-state index < -0.39 is 0 Å². The van der Waals surface area contributed by atoms with Gasteiger partial charge >= 0.3 is 0 Å². The highest BCUT2D eigenvalue weighted by Gasteiger charge is 2.17. The average Bonchev–Trinajstić information content (AvgIpc) is 2.73. The van der Waals surface area contributed by atoms with Gasteiger partial charge in [0.25, 0.3) is 11.8 Å². The number of para-hydroxylation sites is 2. The molecule has 0 aromatic heterocycles. The molecule has 0 saturated carbocycles. The molecule has 3 aromatic rings. The third kappa shape index (κ3) is 5.45. The molecule has 29 heavy (non-hydrogen) atoms. The van der Waals surface area contributed by atoms with Gasteiger partial charge in [-0.1, -0.05) is 54.6 Å². The average molecular weight is 388 g/mol. The van der Waals surface area contributed by atoms with Crippen LogP contribution >= 0.6 is 0 Å². The van der Waals surface area contributed by atoms with Crippen LogP contribution in [-0.2, 0) is 6.61 Å². The molecule has 3 aromatic carbocycles. The molecular weight excluding hydrogens is 364 g/mol. The number of ether oxygens (including phenoxy) is 1. The van der Waals surface area contributed by atoms with E-state index in [9.17, 15) is 9.59 Å². The van der Waals surface area contributed by atoms with Crippen molar-refractivity contribution in [2.24, 2.45) is 0 Å². The Balaban J connectivity index is 1.78. The Morgan fingerprint density at radius 1 is 0.793 bits per heavy atom. The number of hydrogen-bond acceptors (Lipinski definition) is 3. The first kappa shape index (κ1) is 20.1. The molecule has 0 atom stereocenters. The van der Waals surface area contributed by atoms with E-state index in [-0.39, 0.29) is 17.9 Å². The van der Waals surface area contributed by atoms with Crippen LogP contribution in [0.3, 0.4) is 0 Å². The number of rotatable bonds is 7. The summed E-state index contributed by atoms with van der Waals surface area (Å²) in [5.74, 6) is -0.0825. The predicted octanol–water partition coefficient (Wildman–Crippen LogP) is 4.66. The molecule has 0 spiro atoms. The molecule has 0 fully saturated rings. The normalized spacial score (nSPS) is 10.4. The molecule has 5 heteroatoms. The molecule has 5 nitrogen and oxygen atoms in total. The van der Waals surface area contributed by atoms with Crippen molar-refractivity contribution >= 4 is 17.5 Å². The minimum absolute atomic E-state index is 0.00151. The molecule has 0 radical (unpaired) electrons. The van der Waals surface area contributed by atoms with Gasteiger partial charge in [0.15, 0.2) is 0 Å². The summed E-state index contributed by atoms with van der Waals surface area (Å²) in [7, 11) is 0. The van der Waals surface area contributed by atoms with Crippen LogP contribution < -0.4 is 15.4 Å². The third-order valence-electron chi connectivity index (χ3n) is 4.21. The highest BCUT2D eigenvalue weighted by Crippen LogP contribution is 2.22. The van der Waals surface area contributed by atoms with Gasteiger partial charge < -0.3 is 15.4 Å². The van der Waals surface area contributed by atoms with Gasteiger partial charge in [-0.15, -0.1) is 0 Å². The number of nitrogens with one attached hydrogen (secondary N) is 2. The lowest BCUT2D eigenvalue weighted by atomic mass is 10.1. The second-order valence-corrected chi connectivity index (χ2v) is 6.90. The van der Waals surface area contributed by atoms with E-state index in [0.29, 0.717) is 29.2 Å². The summed E-state index contributed by atoms with van der Waals surface area (Å²) in [6.45, 7) is 4.14. The summed E-state index contributed by atoms with van der Waals surface area (Å²) in [5.41, 5.74) is 2.28. The van der Waals surface area contributed by atoms with Crippen molar-refractivity contribution in [1.29, 1.82) is 0 Å². The molecule has 0 saturated heterocycles. The van der Waals surface area contributed by atoms with Crippen LogP contribution in [0.4, 0.5) is 5.69 Å². The molecule has 0 aliphatic carbocycles. The monoisotopic (exact) mass is 388 g/mol. The topological polar surface area (TPSA) is 67.4 Å². The number of hydrogen-bond donors (Lipinski definition) is 2. The van der Waals surface area contributed by atoms with E-state index >= 15 is 0 Å². The predicted molar refractivity (Wildman–Crippen MR) is 114 cm³/mol. The van der Waals surface area contributed by atoms with Gasteiger partial charge in [0, 0.05) is 6.04 Å². The zero-order valence-electron chi connectivity index (χ0n) is 16.5. The Morgan fingerprint density at radius 2 is 1.41 bits per heavy atom. The SMILES string of the molecule is CC(C)NC(=O)c1ccccc1NC(=O)c1ccccc1OCc1ccccc1. The summed E-state index contributed by atoms with van der Waals surface area (Å²) in [4.78, 5) is 25.4. The lowest BCUT2D eigenvalue weighted by molar-refractivity contribution is 0.0944. The Kier molecular flexibility index (Phi) is 6.63. The van der Waals surface area contributed by atoms with Crippen LogP contribution in [0.15, 0.2) is 78.9 Å². The zero-order chi connectivity index (χ0) is 20.6. The first-order chi connectivity index (χ1) is 14.0. The first-order valence-corrected chi connectivity index (χ1v) is 9.51. The number of benzene rings is 3. The van der Waals surface area contributed by atoms with E-state index in [0.717, 1.165) is 5.56 Å². The number of carbonyl (C=O) groups is 2. The Bertz CT molecular complexity index is 984. The van der Waals surface area contributed by atoms with E-state index in [4.69, 9.17) is 4.74 Å². The van der Waals surface area contributed by atoms with Crippen molar-refractivity contribution in [2.45, 2.75) is 26.5 Å². The van der Waals surface area contributed by atoms with Crippen molar-refractivity contribution in [2.75, 3.05) is 5.32 Å². The number of carbonyl (C=O) groups excluding carboxylic acids is 2. The third-order valence-corrected chi connectivity index (χ3v) is 4.21. The van der Waals surface area contributed by atoms with Gasteiger partial charge in [-0.2, -0.15) is 0 Å². The number of anilines is 1. The maximum Gasteiger partial charge on any atom is 0.259 e.